The summed E-state index contributed by atoms with van der Waals surface area (Å²) in [7, 11) is 0. The van der Waals surface area contributed by atoms with E-state index in [4.69, 9.17) is 20.8 Å². The maximum absolute atomic E-state index is 12.7. The Balaban J connectivity index is 1.27. The molecule has 0 spiro atoms. The number of hydrogen-bond acceptors (Lipinski definition) is 6. The van der Waals surface area contributed by atoms with Crippen LogP contribution in [0, 0.1) is 6.92 Å². The fourth-order valence-electron chi connectivity index (χ4n) is 4.16. The molecule has 2 amide bonds. The first-order valence-corrected chi connectivity index (χ1v) is 12.0. The van der Waals surface area contributed by atoms with Crippen LogP contribution < -0.4 is 15.7 Å². The molecule has 0 saturated carbocycles. The molecule has 184 valence electrons. The van der Waals surface area contributed by atoms with E-state index in [1.54, 1.807) is 17.9 Å². The average Bonchev–Trinajstić information content (AvgIpc) is 2.84. The summed E-state index contributed by atoms with van der Waals surface area (Å²) in [5.74, 6) is 0.0404. The fraction of sp³-hybridized carbons (Fsp3) is 0.346. The van der Waals surface area contributed by atoms with Gasteiger partial charge < -0.3 is 19.4 Å². The van der Waals surface area contributed by atoms with Crippen molar-refractivity contribution < 1.29 is 18.7 Å². The standard InChI is InChI=1S/C26H28ClN3O5/c1-3-18-6-4-5-7-21(18)28-24(31)15-29-8-10-30(11-9-29)25(32)16-34-23-14-22-19(13-20(23)27)17(2)12-26(33)35-22/h4-7,12-14H,3,8-11,15-16H2,1-2H3,(H,28,31). The number of halogens is 1. The van der Waals surface area contributed by atoms with Gasteiger partial charge in [0.1, 0.15) is 11.3 Å². The number of carbonyl (C=O) groups excluding carboxylic acids is 2. The van der Waals surface area contributed by atoms with Crippen LogP contribution in [0.2, 0.25) is 5.02 Å². The van der Waals surface area contributed by atoms with Gasteiger partial charge in [0.2, 0.25) is 5.91 Å². The molecule has 35 heavy (non-hydrogen) atoms. The summed E-state index contributed by atoms with van der Waals surface area (Å²) in [6.07, 6.45) is 0.845. The number of nitrogens with zero attached hydrogens (tertiary/aromatic N) is 2. The third-order valence-electron chi connectivity index (χ3n) is 6.12. The molecule has 0 bridgehead atoms. The summed E-state index contributed by atoms with van der Waals surface area (Å²) in [5, 5.41) is 4.04. The molecule has 0 aliphatic carbocycles. The van der Waals surface area contributed by atoms with Crippen LogP contribution in [0.3, 0.4) is 0 Å². The minimum absolute atomic E-state index is 0.0677. The molecule has 2 heterocycles. The van der Waals surface area contributed by atoms with Crippen LogP contribution in [0.25, 0.3) is 11.0 Å². The van der Waals surface area contributed by atoms with Gasteiger partial charge in [-0.1, -0.05) is 36.7 Å². The number of nitrogens with one attached hydrogen (secondary N) is 1. The van der Waals surface area contributed by atoms with Gasteiger partial charge in [-0.25, -0.2) is 4.79 Å². The van der Waals surface area contributed by atoms with Crippen LogP contribution in [-0.2, 0) is 16.0 Å². The summed E-state index contributed by atoms with van der Waals surface area (Å²) < 4.78 is 10.9. The summed E-state index contributed by atoms with van der Waals surface area (Å²) in [5.41, 5.74) is 2.59. The van der Waals surface area contributed by atoms with Crippen molar-refractivity contribution in [1.29, 1.82) is 0 Å². The molecule has 3 aromatic rings. The van der Waals surface area contributed by atoms with Crippen LogP contribution in [0.4, 0.5) is 5.69 Å². The third kappa shape index (κ3) is 6.01. The van der Waals surface area contributed by atoms with Crippen LogP contribution >= 0.6 is 11.6 Å². The molecule has 1 aliphatic heterocycles. The molecule has 1 aliphatic rings. The molecule has 1 saturated heterocycles. The van der Waals surface area contributed by atoms with Crippen molar-refractivity contribution in [2.24, 2.45) is 0 Å². The number of aryl methyl sites for hydroxylation is 2. The van der Waals surface area contributed by atoms with Gasteiger partial charge in [0.05, 0.1) is 11.6 Å². The SMILES string of the molecule is CCc1ccccc1NC(=O)CN1CCN(C(=O)COc2cc3oc(=O)cc(C)c3cc2Cl)CC1. The van der Waals surface area contributed by atoms with E-state index in [2.05, 4.69) is 12.2 Å². The Hall–Kier alpha value is -3.36. The molecule has 0 radical (unpaired) electrons. The maximum atomic E-state index is 12.7. The van der Waals surface area contributed by atoms with Crippen molar-refractivity contribution in [2.75, 3.05) is 44.6 Å². The van der Waals surface area contributed by atoms with Crippen LogP contribution in [0.5, 0.6) is 5.75 Å². The van der Waals surface area contributed by atoms with Crippen molar-refractivity contribution in [3.8, 4) is 5.75 Å². The zero-order valence-corrected chi connectivity index (χ0v) is 20.6. The molecule has 1 N–H and O–H groups in total. The molecule has 9 heteroatoms. The second kappa shape index (κ2) is 10.9. The summed E-state index contributed by atoms with van der Waals surface area (Å²) >= 11 is 6.31. The Bertz CT molecular complexity index is 1300. The molecular formula is C26H28ClN3O5. The first-order valence-electron chi connectivity index (χ1n) is 11.6. The van der Waals surface area contributed by atoms with Crippen molar-refractivity contribution >= 4 is 40.1 Å². The number of carbonyl (C=O) groups is 2. The summed E-state index contributed by atoms with van der Waals surface area (Å²) in [6, 6.07) is 12.4. The van der Waals surface area contributed by atoms with Crippen LogP contribution in [0.1, 0.15) is 18.1 Å². The van der Waals surface area contributed by atoms with Crippen molar-refractivity contribution in [3.63, 3.8) is 0 Å². The van der Waals surface area contributed by atoms with Gasteiger partial charge in [-0.2, -0.15) is 0 Å². The van der Waals surface area contributed by atoms with E-state index >= 15 is 0 Å². The summed E-state index contributed by atoms with van der Waals surface area (Å²) in [4.78, 5) is 40.6. The van der Waals surface area contributed by atoms with Crippen LogP contribution in [0.15, 0.2) is 51.7 Å². The first kappa shape index (κ1) is 24.8. The number of para-hydroxylation sites is 1. The topological polar surface area (TPSA) is 92.1 Å². The van der Waals surface area contributed by atoms with E-state index in [1.165, 1.54) is 12.1 Å². The predicted octanol–water partition coefficient (Wildman–Crippen LogP) is 3.48. The maximum Gasteiger partial charge on any atom is 0.336 e. The minimum atomic E-state index is -0.458. The average molecular weight is 498 g/mol. The Morgan fingerprint density at radius 3 is 2.60 bits per heavy atom. The van der Waals surface area contributed by atoms with E-state index in [1.807, 2.05) is 29.2 Å². The highest BCUT2D eigenvalue weighted by molar-refractivity contribution is 6.32. The zero-order chi connectivity index (χ0) is 24.9. The molecule has 1 aromatic heterocycles. The highest BCUT2D eigenvalue weighted by Crippen LogP contribution is 2.31. The lowest BCUT2D eigenvalue weighted by Crippen LogP contribution is -2.51. The van der Waals surface area contributed by atoms with Gasteiger partial charge in [-0.3, -0.25) is 14.5 Å². The van der Waals surface area contributed by atoms with E-state index in [0.717, 1.165) is 23.2 Å². The Morgan fingerprint density at radius 1 is 1.11 bits per heavy atom. The molecule has 4 rings (SSSR count). The van der Waals surface area contributed by atoms with Crippen LogP contribution in [-0.4, -0.2) is 60.9 Å². The first-order chi connectivity index (χ1) is 16.8. The van der Waals surface area contributed by atoms with Gasteiger partial charge in [0.15, 0.2) is 6.61 Å². The number of benzene rings is 2. The zero-order valence-electron chi connectivity index (χ0n) is 19.8. The number of fused-ring (bicyclic) bond motifs is 1. The van der Waals surface area contributed by atoms with Gasteiger partial charge in [-0.15, -0.1) is 0 Å². The molecule has 1 fully saturated rings. The predicted molar refractivity (Wildman–Crippen MR) is 135 cm³/mol. The summed E-state index contributed by atoms with van der Waals surface area (Å²) in [6.45, 7) is 6.13. The third-order valence-corrected chi connectivity index (χ3v) is 6.41. The Labute approximate surface area is 208 Å². The van der Waals surface area contributed by atoms with E-state index in [0.29, 0.717) is 42.2 Å². The molecule has 0 atom stereocenters. The highest BCUT2D eigenvalue weighted by atomic mass is 35.5. The van der Waals surface area contributed by atoms with E-state index in [-0.39, 0.29) is 30.7 Å². The van der Waals surface area contributed by atoms with Gasteiger partial charge in [-0.05, 0) is 36.6 Å². The number of amides is 2. The second-order valence-electron chi connectivity index (χ2n) is 8.53. The van der Waals surface area contributed by atoms with Gasteiger partial charge in [0.25, 0.3) is 5.91 Å². The molecule has 0 unspecified atom stereocenters. The van der Waals surface area contributed by atoms with Crippen molar-refractivity contribution in [1.82, 2.24) is 9.80 Å². The highest BCUT2D eigenvalue weighted by Gasteiger charge is 2.23. The number of piperazine rings is 1. The van der Waals surface area contributed by atoms with E-state index < -0.39 is 5.63 Å². The van der Waals surface area contributed by atoms with Crippen molar-refractivity contribution in [2.45, 2.75) is 20.3 Å². The number of rotatable bonds is 7. The number of anilines is 1. The molecule has 8 nitrogen and oxygen atoms in total. The largest absolute Gasteiger partial charge is 0.482 e. The lowest BCUT2D eigenvalue weighted by molar-refractivity contribution is -0.135. The fourth-order valence-corrected chi connectivity index (χ4v) is 4.38. The normalized spacial score (nSPS) is 14.2. The molecular weight excluding hydrogens is 470 g/mol. The number of ether oxygens (including phenoxy) is 1. The van der Waals surface area contributed by atoms with Crippen molar-refractivity contribution in [3.05, 3.63) is 69.0 Å². The van der Waals surface area contributed by atoms with Gasteiger partial charge in [0, 0.05) is 49.4 Å². The van der Waals surface area contributed by atoms with E-state index in [9.17, 15) is 14.4 Å². The monoisotopic (exact) mass is 497 g/mol. The smallest absolute Gasteiger partial charge is 0.336 e. The number of hydrogen-bond donors (Lipinski definition) is 1. The Morgan fingerprint density at radius 2 is 1.86 bits per heavy atom. The Kier molecular flexibility index (Phi) is 7.73. The lowest BCUT2D eigenvalue weighted by atomic mass is 10.1. The lowest BCUT2D eigenvalue weighted by Gasteiger charge is -2.34. The molecule has 2 aromatic carbocycles. The minimum Gasteiger partial charge on any atom is -0.482 e. The van der Waals surface area contributed by atoms with Gasteiger partial charge >= 0.3 is 5.63 Å². The quantitative estimate of drug-likeness (QED) is 0.502. The second-order valence-corrected chi connectivity index (χ2v) is 8.94.